The van der Waals surface area contributed by atoms with Crippen LogP contribution in [-0.2, 0) is 15.9 Å². The maximum absolute atomic E-state index is 15.4. The Balaban J connectivity index is 1.59. The number of rotatable bonds is 7. The first-order valence-electron chi connectivity index (χ1n) is 14.5. The molecule has 0 aliphatic carbocycles. The lowest BCUT2D eigenvalue weighted by Crippen LogP contribution is -2.54. The Labute approximate surface area is 256 Å². The molecule has 0 saturated heterocycles. The van der Waals surface area contributed by atoms with E-state index >= 15 is 4.79 Å². The van der Waals surface area contributed by atoms with Crippen LogP contribution in [0.1, 0.15) is 27.8 Å². The molecular formula is C39H31NO4. The SMILES string of the molecule is COc1ccc(C(c2ccccc2)(c2ccc(OC)cc2)N2C(=O)[C@](O)(c3cccc4ccccc34)c3ccccc32)cc1. The van der Waals surface area contributed by atoms with Crippen molar-refractivity contribution in [3.05, 3.63) is 173 Å². The van der Waals surface area contributed by atoms with E-state index in [4.69, 9.17) is 9.47 Å². The fourth-order valence-electron chi connectivity index (χ4n) is 6.73. The van der Waals surface area contributed by atoms with Gasteiger partial charge in [0.05, 0.1) is 19.9 Å². The molecule has 0 saturated carbocycles. The van der Waals surface area contributed by atoms with Crippen LogP contribution < -0.4 is 14.4 Å². The number of anilines is 1. The van der Waals surface area contributed by atoms with E-state index in [0.717, 1.165) is 27.5 Å². The molecule has 1 heterocycles. The third kappa shape index (κ3) is 3.94. The first kappa shape index (κ1) is 27.4. The van der Waals surface area contributed by atoms with Gasteiger partial charge in [-0.2, -0.15) is 0 Å². The highest BCUT2D eigenvalue weighted by atomic mass is 16.5. The van der Waals surface area contributed by atoms with Crippen molar-refractivity contribution in [3.63, 3.8) is 0 Å². The molecule has 1 aliphatic heterocycles. The Morgan fingerprint density at radius 3 is 1.70 bits per heavy atom. The average Bonchev–Trinajstić information content (AvgIpc) is 3.32. The van der Waals surface area contributed by atoms with Gasteiger partial charge in [-0.25, -0.2) is 0 Å². The molecular weight excluding hydrogens is 546 g/mol. The van der Waals surface area contributed by atoms with Crippen molar-refractivity contribution in [1.82, 2.24) is 0 Å². The topological polar surface area (TPSA) is 59.0 Å². The third-order valence-electron chi connectivity index (χ3n) is 8.77. The lowest BCUT2D eigenvalue weighted by molar-refractivity contribution is -0.132. The molecule has 0 fully saturated rings. The maximum Gasteiger partial charge on any atom is 0.269 e. The normalized spacial score (nSPS) is 16.2. The van der Waals surface area contributed by atoms with Gasteiger partial charge >= 0.3 is 0 Å². The number of amides is 1. The molecule has 216 valence electrons. The molecule has 1 N–H and O–H groups in total. The summed E-state index contributed by atoms with van der Waals surface area (Å²) in [5.41, 5.74) is 1.10. The average molecular weight is 578 g/mol. The first-order valence-corrected chi connectivity index (χ1v) is 14.5. The van der Waals surface area contributed by atoms with Crippen LogP contribution >= 0.6 is 0 Å². The molecule has 0 bridgehead atoms. The van der Waals surface area contributed by atoms with Crippen LogP contribution in [0.4, 0.5) is 5.69 Å². The quantitative estimate of drug-likeness (QED) is 0.201. The first-order chi connectivity index (χ1) is 21.5. The summed E-state index contributed by atoms with van der Waals surface area (Å²) < 4.78 is 11.0. The van der Waals surface area contributed by atoms with Crippen molar-refractivity contribution in [1.29, 1.82) is 0 Å². The van der Waals surface area contributed by atoms with Gasteiger partial charge in [-0.1, -0.05) is 115 Å². The summed E-state index contributed by atoms with van der Waals surface area (Å²) in [6.45, 7) is 0. The third-order valence-corrected chi connectivity index (χ3v) is 8.77. The van der Waals surface area contributed by atoms with E-state index in [0.29, 0.717) is 28.3 Å². The smallest absolute Gasteiger partial charge is 0.269 e. The van der Waals surface area contributed by atoms with Crippen molar-refractivity contribution in [3.8, 4) is 11.5 Å². The Kier molecular flexibility index (Phi) is 6.68. The fourth-order valence-corrected chi connectivity index (χ4v) is 6.73. The minimum Gasteiger partial charge on any atom is -0.497 e. The highest BCUT2D eigenvalue weighted by Gasteiger charge is 2.59. The van der Waals surface area contributed by atoms with Crippen molar-refractivity contribution in [2.75, 3.05) is 19.1 Å². The molecule has 6 aromatic rings. The number of hydrogen-bond acceptors (Lipinski definition) is 4. The number of aliphatic hydroxyl groups is 1. The predicted molar refractivity (Wildman–Crippen MR) is 173 cm³/mol. The predicted octanol–water partition coefficient (Wildman–Crippen LogP) is 7.43. The number of nitrogens with zero attached hydrogens (tertiary/aromatic N) is 1. The Morgan fingerprint density at radius 2 is 1.07 bits per heavy atom. The van der Waals surface area contributed by atoms with Crippen molar-refractivity contribution < 1.29 is 19.4 Å². The van der Waals surface area contributed by atoms with Gasteiger partial charge in [-0.05, 0) is 57.8 Å². The van der Waals surface area contributed by atoms with Crippen molar-refractivity contribution in [2.45, 2.75) is 11.1 Å². The number of ether oxygens (including phenoxy) is 2. The van der Waals surface area contributed by atoms with Crippen molar-refractivity contribution in [2.24, 2.45) is 0 Å². The van der Waals surface area contributed by atoms with Crippen LogP contribution in [0.25, 0.3) is 10.8 Å². The summed E-state index contributed by atoms with van der Waals surface area (Å²) in [5, 5.41) is 14.7. The molecule has 44 heavy (non-hydrogen) atoms. The Morgan fingerprint density at radius 1 is 0.568 bits per heavy atom. The van der Waals surface area contributed by atoms with E-state index in [9.17, 15) is 5.11 Å². The minimum absolute atomic E-state index is 0.439. The summed E-state index contributed by atoms with van der Waals surface area (Å²) in [6, 6.07) is 46.7. The molecule has 5 heteroatoms. The van der Waals surface area contributed by atoms with E-state index in [1.807, 2.05) is 146 Å². The Hall–Kier alpha value is -5.39. The Bertz CT molecular complexity index is 1920. The molecule has 0 spiro atoms. The summed E-state index contributed by atoms with van der Waals surface area (Å²) in [7, 11) is 3.26. The van der Waals surface area contributed by atoms with Crippen LogP contribution in [0.2, 0.25) is 0 Å². The molecule has 0 aromatic heterocycles. The maximum atomic E-state index is 15.4. The molecule has 0 unspecified atom stereocenters. The zero-order valence-corrected chi connectivity index (χ0v) is 24.5. The van der Waals surface area contributed by atoms with Crippen LogP contribution in [-0.4, -0.2) is 25.2 Å². The van der Waals surface area contributed by atoms with Crippen LogP contribution in [0.15, 0.2) is 146 Å². The molecule has 0 radical (unpaired) electrons. The van der Waals surface area contributed by atoms with Gasteiger partial charge in [-0.15, -0.1) is 0 Å². The second kappa shape index (κ2) is 10.7. The lowest BCUT2D eigenvalue weighted by atomic mass is 9.75. The van der Waals surface area contributed by atoms with Crippen LogP contribution in [0.3, 0.4) is 0 Å². The largest absolute Gasteiger partial charge is 0.497 e. The second-order valence-corrected chi connectivity index (χ2v) is 10.9. The van der Waals surface area contributed by atoms with E-state index in [-0.39, 0.29) is 0 Å². The zero-order valence-electron chi connectivity index (χ0n) is 24.5. The summed E-state index contributed by atoms with van der Waals surface area (Å²) in [4.78, 5) is 17.1. The van der Waals surface area contributed by atoms with Gasteiger partial charge in [0.15, 0.2) is 5.60 Å². The number of carbonyl (C=O) groups is 1. The van der Waals surface area contributed by atoms with E-state index < -0.39 is 17.0 Å². The molecule has 1 aliphatic rings. The molecule has 6 aromatic carbocycles. The van der Waals surface area contributed by atoms with Gasteiger partial charge in [0.1, 0.15) is 17.0 Å². The summed E-state index contributed by atoms with van der Waals surface area (Å²) >= 11 is 0. The zero-order chi connectivity index (χ0) is 30.3. The number of carbonyl (C=O) groups excluding carboxylic acids is 1. The minimum atomic E-state index is -1.95. The summed E-state index contributed by atoms with van der Waals surface area (Å²) in [5.74, 6) is 0.960. The highest BCUT2D eigenvalue weighted by Crippen LogP contribution is 2.54. The van der Waals surface area contributed by atoms with Crippen molar-refractivity contribution >= 4 is 22.4 Å². The standard InChI is InChI=1S/C39H31NO4/c1-43-31-23-19-29(20-24-31)38(28-13-4-3-5-14-28,30-21-25-32(44-2)26-22-30)40-36-18-9-8-16-35(36)39(42,37(40)41)34-17-10-12-27-11-6-7-15-33(27)34/h3-26,42H,1-2H3/t39-/m0/s1. The summed E-state index contributed by atoms with van der Waals surface area (Å²) in [6.07, 6.45) is 0. The molecule has 5 nitrogen and oxygen atoms in total. The van der Waals surface area contributed by atoms with E-state index in [1.54, 1.807) is 19.1 Å². The fraction of sp³-hybridized carbons (Fsp3) is 0.103. The highest BCUT2D eigenvalue weighted by molar-refractivity contribution is 6.13. The van der Waals surface area contributed by atoms with Crippen LogP contribution in [0, 0.1) is 0 Å². The number of hydrogen-bond donors (Lipinski definition) is 1. The second-order valence-electron chi connectivity index (χ2n) is 10.9. The molecule has 1 atom stereocenters. The van der Waals surface area contributed by atoms with Crippen LogP contribution in [0.5, 0.6) is 11.5 Å². The van der Waals surface area contributed by atoms with Gasteiger partial charge < -0.3 is 14.6 Å². The molecule has 7 rings (SSSR count). The number of para-hydroxylation sites is 1. The monoisotopic (exact) mass is 577 g/mol. The van der Waals surface area contributed by atoms with E-state index in [2.05, 4.69) is 0 Å². The van der Waals surface area contributed by atoms with Gasteiger partial charge in [-0.3, -0.25) is 9.69 Å². The number of fused-ring (bicyclic) bond motifs is 2. The van der Waals surface area contributed by atoms with E-state index in [1.165, 1.54) is 0 Å². The number of methoxy groups -OCH3 is 2. The lowest BCUT2D eigenvalue weighted by Gasteiger charge is -2.44. The van der Waals surface area contributed by atoms with Gasteiger partial charge in [0.2, 0.25) is 0 Å². The molecule has 1 amide bonds. The number of benzene rings is 6. The van der Waals surface area contributed by atoms with Gasteiger partial charge in [0.25, 0.3) is 5.91 Å². The van der Waals surface area contributed by atoms with Gasteiger partial charge in [0, 0.05) is 11.1 Å².